The van der Waals surface area contributed by atoms with Gasteiger partial charge in [0.05, 0.1) is 24.7 Å². The minimum Gasteiger partial charge on any atom is -0.453 e. The first-order chi connectivity index (χ1) is 20.1. The molecule has 3 aromatic carbocycles. The van der Waals surface area contributed by atoms with Crippen LogP contribution in [0.1, 0.15) is 30.5 Å². The average molecular weight is 599 g/mol. The molecule has 0 amide bonds. The molecule has 0 radical (unpaired) electrons. The molecule has 3 aromatic rings. The third-order valence-electron chi connectivity index (χ3n) is 6.52. The first-order valence-corrected chi connectivity index (χ1v) is 14.7. The lowest BCUT2D eigenvalue weighted by Gasteiger charge is -2.34. The van der Waals surface area contributed by atoms with Crippen LogP contribution in [0.3, 0.4) is 0 Å². The minimum atomic E-state index is -4.26. The van der Waals surface area contributed by atoms with Crippen LogP contribution in [0.25, 0.3) is 0 Å². The molecule has 224 valence electrons. The molecular weight excluding hydrogens is 564 g/mol. The first-order valence-electron chi connectivity index (χ1n) is 13.3. The second kappa shape index (κ2) is 14.0. The Bertz CT molecular complexity index is 1430. The topological polar surface area (TPSA) is 124 Å². The van der Waals surface area contributed by atoms with Gasteiger partial charge in [0.1, 0.15) is 12.7 Å². The van der Waals surface area contributed by atoms with Gasteiger partial charge in [0.15, 0.2) is 11.7 Å². The zero-order valence-corrected chi connectivity index (χ0v) is 24.5. The highest BCUT2D eigenvalue weighted by Crippen LogP contribution is 2.38. The highest BCUT2D eigenvalue weighted by molar-refractivity contribution is 7.86. The highest BCUT2D eigenvalue weighted by Gasteiger charge is 2.60. The van der Waals surface area contributed by atoms with Crippen LogP contribution in [-0.4, -0.2) is 57.7 Å². The van der Waals surface area contributed by atoms with E-state index in [1.165, 1.54) is 26.0 Å². The molecule has 0 bridgehead atoms. The van der Waals surface area contributed by atoms with Crippen molar-refractivity contribution < 1.29 is 45.9 Å². The molecule has 1 unspecified atom stereocenters. The summed E-state index contributed by atoms with van der Waals surface area (Å²) in [5.74, 6) is -1.38. The standard InChI is InChI=1S/C31H34O10S/c1-22-14-16-27(17-15-22)42(34,35)38-21-31(20-36-18-25-10-6-4-7-11-25)29(37-19-26-12-8-5-9-13-26)28(39-23(2)32)30(41-31)40-24(3)33/h4-17,28-30H,18-21H2,1-3H3/t28-,29?,30-,31-/m0/s1. The van der Waals surface area contributed by atoms with E-state index in [0.717, 1.165) is 16.7 Å². The van der Waals surface area contributed by atoms with Gasteiger partial charge >= 0.3 is 11.9 Å². The monoisotopic (exact) mass is 598 g/mol. The van der Waals surface area contributed by atoms with Gasteiger partial charge in [0.25, 0.3) is 10.1 Å². The molecule has 4 atom stereocenters. The van der Waals surface area contributed by atoms with Crippen LogP contribution < -0.4 is 0 Å². The summed E-state index contributed by atoms with van der Waals surface area (Å²) in [7, 11) is -4.26. The Kier molecular flexibility index (Phi) is 10.5. The van der Waals surface area contributed by atoms with Crippen LogP contribution in [0.15, 0.2) is 89.8 Å². The fourth-order valence-electron chi connectivity index (χ4n) is 4.52. The van der Waals surface area contributed by atoms with Gasteiger partial charge in [-0.15, -0.1) is 0 Å². The number of aryl methyl sites for hydroxylation is 1. The van der Waals surface area contributed by atoms with Gasteiger partial charge in [-0.05, 0) is 30.2 Å². The van der Waals surface area contributed by atoms with Crippen molar-refractivity contribution in [2.45, 2.75) is 63.0 Å². The van der Waals surface area contributed by atoms with Crippen molar-refractivity contribution in [3.63, 3.8) is 0 Å². The van der Waals surface area contributed by atoms with Crippen LogP contribution in [0.4, 0.5) is 0 Å². The van der Waals surface area contributed by atoms with E-state index in [-0.39, 0.29) is 24.7 Å². The number of hydrogen-bond acceptors (Lipinski definition) is 10. The van der Waals surface area contributed by atoms with Crippen molar-refractivity contribution >= 4 is 22.1 Å². The molecule has 0 saturated carbocycles. The van der Waals surface area contributed by atoms with E-state index in [1.807, 2.05) is 67.6 Å². The van der Waals surface area contributed by atoms with Crippen molar-refractivity contribution in [2.75, 3.05) is 13.2 Å². The Labute approximate surface area is 245 Å². The van der Waals surface area contributed by atoms with E-state index < -0.39 is 52.8 Å². The van der Waals surface area contributed by atoms with Crippen molar-refractivity contribution in [3.05, 3.63) is 102 Å². The van der Waals surface area contributed by atoms with Crippen molar-refractivity contribution in [1.29, 1.82) is 0 Å². The zero-order chi connectivity index (χ0) is 30.2. The molecular formula is C31H34O10S. The molecule has 1 fully saturated rings. The lowest BCUT2D eigenvalue weighted by molar-refractivity contribution is -0.217. The zero-order valence-electron chi connectivity index (χ0n) is 23.6. The molecule has 1 aliphatic heterocycles. The molecule has 1 saturated heterocycles. The predicted octanol–water partition coefficient (Wildman–Crippen LogP) is 4.09. The summed E-state index contributed by atoms with van der Waals surface area (Å²) in [5.41, 5.74) is 0.847. The number of benzene rings is 3. The summed E-state index contributed by atoms with van der Waals surface area (Å²) < 4.78 is 61.4. The van der Waals surface area contributed by atoms with Crippen molar-refractivity contribution in [1.82, 2.24) is 0 Å². The average Bonchev–Trinajstić information content (AvgIpc) is 3.23. The fourth-order valence-corrected chi connectivity index (χ4v) is 5.48. The normalized spacial score (nSPS) is 22.0. The number of ether oxygens (including phenoxy) is 5. The van der Waals surface area contributed by atoms with E-state index in [2.05, 4.69) is 0 Å². The second-order valence-corrected chi connectivity index (χ2v) is 11.6. The molecule has 11 heteroatoms. The Balaban J connectivity index is 1.69. The molecule has 0 aromatic heterocycles. The number of hydrogen-bond donors (Lipinski definition) is 0. The van der Waals surface area contributed by atoms with Gasteiger partial charge < -0.3 is 23.7 Å². The molecule has 0 spiro atoms. The summed E-state index contributed by atoms with van der Waals surface area (Å²) >= 11 is 0. The SMILES string of the molecule is CC(=O)O[C@H]1O[C@@](COCc2ccccc2)(COS(=O)(=O)c2ccc(C)cc2)C(OCc2ccccc2)[C@@H]1OC(C)=O. The molecule has 0 aliphatic carbocycles. The fraction of sp³-hybridized carbons (Fsp3) is 0.355. The molecule has 10 nitrogen and oxygen atoms in total. The Hall–Kier alpha value is -3.61. The second-order valence-electron chi connectivity index (χ2n) is 9.96. The van der Waals surface area contributed by atoms with Crippen LogP contribution in [0.2, 0.25) is 0 Å². The summed E-state index contributed by atoms with van der Waals surface area (Å²) in [6.07, 6.45) is -3.82. The van der Waals surface area contributed by atoms with E-state index in [9.17, 15) is 18.0 Å². The Morgan fingerprint density at radius 1 is 0.786 bits per heavy atom. The summed E-state index contributed by atoms with van der Waals surface area (Å²) in [4.78, 5) is 24.1. The minimum absolute atomic E-state index is 0.0462. The van der Waals surface area contributed by atoms with E-state index in [4.69, 9.17) is 27.9 Å². The van der Waals surface area contributed by atoms with Gasteiger partial charge in [0, 0.05) is 13.8 Å². The molecule has 0 N–H and O–H groups in total. The van der Waals surface area contributed by atoms with Gasteiger partial charge in [0.2, 0.25) is 6.29 Å². The van der Waals surface area contributed by atoms with Crippen LogP contribution in [0.5, 0.6) is 0 Å². The first kappa shape index (κ1) is 31.3. The molecule has 1 heterocycles. The lowest BCUT2D eigenvalue weighted by atomic mass is 9.96. The van der Waals surface area contributed by atoms with Gasteiger partial charge in [-0.1, -0.05) is 78.4 Å². The predicted molar refractivity (Wildman–Crippen MR) is 150 cm³/mol. The Morgan fingerprint density at radius 3 is 1.93 bits per heavy atom. The molecule has 1 aliphatic rings. The smallest absolute Gasteiger partial charge is 0.305 e. The molecule has 4 rings (SSSR count). The van der Waals surface area contributed by atoms with E-state index >= 15 is 0 Å². The highest BCUT2D eigenvalue weighted by atomic mass is 32.2. The van der Waals surface area contributed by atoms with Gasteiger partial charge in [-0.3, -0.25) is 13.8 Å². The summed E-state index contributed by atoms with van der Waals surface area (Å²) in [5, 5.41) is 0. The lowest BCUT2D eigenvalue weighted by Crippen LogP contribution is -2.53. The summed E-state index contributed by atoms with van der Waals surface area (Å²) in [6.45, 7) is 3.57. The van der Waals surface area contributed by atoms with Crippen LogP contribution in [-0.2, 0) is 60.8 Å². The number of esters is 2. The number of carbonyl (C=O) groups is 2. The van der Waals surface area contributed by atoms with Gasteiger partial charge in [-0.25, -0.2) is 0 Å². The Morgan fingerprint density at radius 2 is 1.36 bits per heavy atom. The largest absolute Gasteiger partial charge is 0.453 e. The van der Waals surface area contributed by atoms with Gasteiger partial charge in [-0.2, -0.15) is 8.42 Å². The maximum Gasteiger partial charge on any atom is 0.305 e. The van der Waals surface area contributed by atoms with Crippen molar-refractivity contribution in [2.24, 2.45) is 0 Å². The summed E-state index contributed by atoms with van der Waals surface area (Å²) in [6, 6.07) is 24.7. The van der Waals surface area contributed by atoms with E-state index in [1.54, 1.807) is 12.1 Å². The number of carbonyl (C=O) groups excluding carboxylic acids is 2. The molecule has 42 heavy (non-hydrogen) atoms. The van der Waals surface area contributed by atoms with Crippen LogP contribution >= 0.6 is 0 Å². The quantitative estimate of drug-likeness (QED) is 0.210. The third kappa shape index (κ3) is 8.24. The number of rotatable bonds is 13. The van der Waals surface area contributed by atoms with Crippen molar-refractivity contribution in [3.8, 4) is 0 Å². The van der Waals surface area contributed by atoms with E-state index in [0.29, 0.717) is 0 Å². The maximum absolute atomic E-state index is 13.2. The third-order valence-corrected chi connectivity index (χ3v) is 7.80. The van der Waals surface area contributed by atoms with Crippen LogP contribution in [0, 0.1) is 6.92 Å². The maximum atomic E-state index is 13.2.